The molecule has 0 fully saturated rings. The van der Waals surface area contributed by atoms with Gasteiger partial charge in [-0.2, -0.15) is 0 Å². The molecule has 1 rings (SSSR count). The predicted octanol–water partition coefficient (Wildman–Crippen LogP) is 1.84. The van der Waals surface area contributed by atoms with Crippen molar-refractivity contribution in [1.82, 2.24) is 5.32 Å². The Morgan fingerprint density at radius 2 is 2.27 bits per heavy atom. The van der Waals surface area contributed by atoms with Crippen LogP contribution in [-0.4, -0.2) is 19.1 Å². The van der Waals surface area contributed by atoms with Crippen molar-refractivity contribution in [2.75, 3.05) is 18.4 Å². The molecule has 0 saturated heterocycles. The van der Waals surface area contributed by atoms with Gasteiger partial charge in [-0.15, -0.1) is 0 Å². The first-order valence-corrected chi connectivity index (χ1v) is 5.44. The van der Waals surface area contributed by atoms with Crippen LogP contribution in [0, 0.1) is 6.92 Å². The molecule has 15 heavy (non-hydrogen) atoms. The molecule has 1 aromatic carbocycles. The fourth-order valence-electron chi connectivity index (χ4n) is 1.08. The lowest BCUT2D eigenvalue weighted by molar-refractivity contribution is 0.252. The summed E-state index contributed by atoms with van der Waals surface area (Å²) >= 11 is 3.39. The molecule has 0 aliphatic carbocycles. The van der Waals surface area contributed by atoms with E-state index in [1.54, 1.807) is 0 Å². The van der Waals surface area contributed by atoms with Crippen molar-refractivity contribution in [3.63, 3.8) is 0 Å². The van der Waals surface area contributed by atoms with Crippen LogP contribution < -0.4 is 16.4 Å². The Balaban J connectivity index is 2.57. The summed E-state index contributed by atoms with van der Waals surface area (Å²) in [5, 5.41) is 5.35. The topological polar surface area (TPSA) is 67.2 Å². The molecule has 0 saturated carbocycles. The SMILES string of the molecule is Cc1cc(NC(=O)NCCN)ccc1Br. The third kappa shape index (κ3) is 3.89. The third-order valence-electron chi connectivity index (χ3n) is 1.85. The third-order valence-corrected chi connectivity index (χ3v) is 2.74. The highest BCUT2D eigenvalue weighted by atomic mass is 79.9. The van der Waals surface area contributed by atoms with E-state index in [2.05, 4.69) is 26.6 Å². The molecular formula is C10H14BrN3O. The van der Waals surface area contributed by atoms with E-state index in [0.717, 1.165) is 15.7 Å². The van der Waals surface area contributed by atoms with E-state index in [1.807, 2.05) is 25.1 Å². The average molecular weight is 272 g/mol. The maximum Gasteiger partial charge on any atom is 0.319 e. The van der Waals surface area contributed by atoms with Gasteiger partial charge in [0.1, 0.15) is 0 Å². The van der Waals surface area contributed by atoms with Gasteiger partial charge < -0.3 is 16.4 Å². The summed E-state index contributed by atoms with van der Waals surface area (Å²) in [7, 11) is 0. The van der Waals surface area contributed by atoms with Crippen molar-refractivity contribution in [2.45, 2.75) is 6.92 Å². The second-order valence-electron chi connectivity index (χ2n) is 3.13. The number of hydrogen-bond donors (Lipinski definition) is 3. The molecule has 82 valence electrons. The van der Waals surface area contributed by atoms with Gasteiger partial charge in [-0.3, -0.25) is 0 Å². The number of urea groups is 1. The maximum atomic E-state index is 11.3. The van der Waals surface area contributed by atoms with Gasteiger partial charge in [-0.1, -0.05) is 15.9 Å². The van der Waals surface area contributed by atoms with Gasteiger partial charge in [-0.25, -0.2) is 4.79 Å². The molecule has 0 heterocycles. The maximum absolute atomic E-state index is 11.3. The molecule has 4 nitrogen and oxygen atoms in total. The van der Waals surface area contributed by atoms with Crippen LogP contribution in [0.25, 0.3) is 0 Å². The Hall–Kier alpha value is -1.07. The lowest BCUT2D eigenvalue weighted by Crippen LogP contribution is -2.32. The molecule has 0 aliphatic rings. The highest BCUT2D eigenvalue weighted by molar-refractivity contribution is 9.10. The minimum atomic E-state index is -0.234. The van der Waals surface area contributed by atoms with Crippen LogP contribution in [0.2, 0.25) is 0 Å². The number of anilines is 1. The van der Waals surface area contributed by atoms with Crippen molar-refractivity contribution in [3.05, 3.63) is 28.2 Å². The van der Waals surface area contributed by atoms with Crippen LogP contribution in [0.4, 0.5) is 10.5 Å². The summed E-state index contributed by atoms with van der Waals surface area (Å²) in [6.07, 6.45) is 0. The molecule has 0 atom stereocenters. The molecule has 2 amide bonds. The van der Waals surface area contributed by atoms with E-state index in [0.29, 0.717) is 13.1 Å². The van der Waals surface area contributed by atoms with Gasteiger partial charge >= 0.3 is 6.03 Å². The number of halogens is 1. The van der Waals surface area contributed by atoms with Crippen molar-refractivity contribution in [2.24, 2.45) is 5.73 Å². The molecule has 4 N–H and O–H groups in total. The second kappa shape index (κ2) is 5.72. The van der Waals surface area contributed by atoms with Crippen LogP contribution in [0.15, 0.2) is 22.7 Å². The number of rotatable bonds is 3. The Bertz CT molecular complexity index is 355. The minimum absolute atomic E-state index is 0.234. The lowest BCUT2D eigenvalue weighted by Gasteiger charge is -2.07. The molecule has 0 spiro atoms. The second-order valence-corrected chi connectivity index (χ2v) is 3.99. The van der Waals surface area contributed by atoms with Crippen LogP contribution in [0.5, 0.6) is 0 Å². The molecule has 0 unspecified atom stereocenters. The Kier molecular flexibility index (Phi) is 4.58. The Labute approximate surface area is 97.4 Å². The first-order chi connectivity index (χ1) is 7.13. The van der Waals surface area contributed by atoms with Gasteiger partial charge in [0.2, 0.25) is 0 Å². The molecular weight excluding hydrogens is 258 g/mol. The van der Waals surface area contributed by atoms with Crippen molar-refractivity contribution in [3.8, 4) is 0 Å². The normalized spacial score (nSPS) is 9.80. The number of aryl methyl sites for hydroxylation is 1. The summed E-state index contributed by atoms with van der Waals surface area (Å²) < 4.78 is 1.02. The molecule has 1 aromatic rings. The molecule has 5 heteroatoms. The van der Waals surface area contributed by atoms with E-state index in [1.165, 1.54) is 0 Å². The van der Waals surface area contributed by atoms with E-state index in [9.17, 15) is 4.79 Å². The molecule has 0 aromatic heterocycles. The highest BCUT2D eigenvalue weighted by Gasteiger charge is 2.01. The fourth-order valence-corrected chi connectivity index (χ4v) is 1.33. The van der Waals surface area contributed by atoms with Gasteiger partial charge in [0.05, 0.1) is 0 Å². The number of benzene rings is 1. The minimum Gasteiger partial charge on any atom is -0.337 e. The summed E-state index contributed by atoms with van der Waals surface area (Å²) in [5.41, 5.74) is 7.11. The predicted molar refractivity (Wildman–Crippen MR) is 65.0 cm³/mol. The summed E-state index contributed by atoms with van der Waals surface area (Å²) in [6, 6.07) is 5.39. The van der Waals surface area contributed by atoms with Gasteiger partial charge in [0.25, 0.3) is 0 Å². The standard InChI is InChI=1S/C10H14BrN3O/c1-7-6-8(2-3-9(7)11)14-10(15)13-5-4-12/h2-3,6H,4-5,12H2,1H3,(H2,13,14,15). The highest BCUT2D eigenvalue weighted by Crippen LogP contribution is 2.19. The van der Waals surface area contributed by atoms with E-state index in [4.69, 9.17) is 5.73 Å². The zero-order valence-electron chi connectivity index (χ0n) is 8.51. The first-order valence-electron chi connectivity index (χ1n) is 4.64. The summed E-state index contributed by atoms with van der Waals surface area (Å²) in [6.45, 7) is 2.88. The Morgan fingerprint density at radius 3 is 2.87 bits per heavy atom. The van der Waals surface area contributed by atoms with Gasteiger partial charge in [0, 0.05) is 23.2 Å². The van der Waals surface area contributed by atoms with E-state index < -0.39 is 0 Å². The van der Waals surface area contributed by atoms with Gasteiger partial charge in [-0.05, 0) is 30.7 Å². The molecule has 0 bridgehead atoms. The molecule has 0 aliphatic heterocycles. The number of amides is 2. The number of nitrogens with two attached hydrogens (primary N) is 1. The lowest BCUT2D eigenvalue weighted by atomic mass is 10.2. The van der Waals surface area contributed by atoms with Gasteiger partial charge in [0.15, 0.2) is 0 Å². The monoisotopic (exact) mass is 271 g/mol. The zero-order valence-corrected chi connectivity index (χ0v) is 10.1. The van der Waals surface area contributed by atoms with Crippen molar-refractivity contribution < 1.29 is 4.79 Å². The first kappa shape index (κ1) is 12.0. The number of carbonyl (C=O) groups excluding carboxylic acids is 1. The smallest absolute Gasteiger partial charge is 0.319 e. The van der Waals surface area contributed by atoms with E-state index in [-0.39, 0.29) is 6.03 Å². The largest absolute Gasteiger partial charge is 0.337 e. The van der Waals surface area contributed by atoms with Crippen LogP contribution >= 0.6 is 15.9 Å². The number of nitrogens with one attached hydrogen (secondary N) is 2. The average Bonchev–Trinajstić information content (AvgIpc) is 2.20. The summed E-state index contributed by atoms with van der Waals surface area (Å²) in [4.78, 5) is 11.3. The quantitative estimate of drug-likeness (QED) is 0.786. The number of carbonyl (C=O) groups is 1. The van der Waals surface area contributed by atoms with Crippen LogP contribution in [-0.2, 0) is 0 Å². The van der Waals surface area contributed by atoms with Crippen LogP contribution in [0.3, 0.4) is 0 Å². The summed E-state index contributed by atoms with van der Waals surface area (Å²) in [5.74, 6) is 0. The number of hydrogen-bond acceptors (Lipinski definition) is 2. The Morgan fingerprint density at radius 1 is 1.53 bits per heavy atom. The van der Waals surface area contributed by atoms with Crippen molar-refractivity contribution in [1.29, 1.82) is 0 Å². The van der Waals surface area contributed by atoms with Crippen molar-refractivity contribution >= 4 is 27.6 Å². The zero-order chi connectivity index (χ0) is 11.3. The molecule has 0 radical (unpaired) electrons. The van der Waals surface area contributed by atoms with Crippen LogP contribution in [0.1, 0.15) is 5.56 Å². The van der Waals surface area contributed by atoms with E-state index >= 15 is 0 Å². The fraction of sp³-hybridized carbons (Fsp3) is 0.300.